The second-order valence-electron chi connectivity index (χ2n) is 10.0. The molecular formula is C34H25FN6. The number of pyridine rings is 2. The van der Waals surface area contributed by atoms with Gasteiger partial charge in [0.15, 0.2) is 0 Å². The van der Waals surface area contributed by atoms with Crippen molar-refractivity contribution in [3.8, 4) is 33.6 Å². The van der Waals surface area contributed by atoms with Crippen LogP contribution in [0, 0.1) is 5.82 Å². The van der Waals surface area contributed by atoms with Gasteiger partial charge in [0.2, 0.25) is 0 Å². The van der Waals surface area contributed by atoms with E-state index in [2.05, 4.69) is 73.4 Å². The number of aromatic nitrogens is 5. The minimum absolute atomic E-state index is 0.268. The molecule has 0 aliphatic heterocycles. The van der Waals surface area contributed by atoms with Crippen molar-refractivity contribution in [2.45, 2.75) is 6.42 Å². The van der Waals surface area contributed by atoms with Crippen LogP contribution in [-0.2, 0) is 6.42 Å². The van der Waals surface area contributed by atoms with E-state index in [1.165, 1.54) is 17.7 Å². The van der Waals surface area contributed by atoms with Crippen molar-refractivity contribution in [1.82, 2.24) is 25.1 Å². The Labute approximate surface area is 235 Å². The molecule has 0 aliphatic rings. The van der Waals surface area contributed by atoms with Crippen molar-refractivity contribution in [2.24, 2.45) is 0 Å². The van der Waals surface area contributed by atoms with Crippen LogP contribution in [-0.4, -0.2) is 25.1 Å². The van der Waals surface area contributed by atoms with Gasteiger partial charge in [-0.2, -0.15) is 5.10 Å². The Morgan fingerprint density at radius 2 is 1.56 bits per heavy atom. The Hall–Kier alpha value is -5.56. The standard InChI is InChI=1S/C34H25FN6/c1-21(13-22-5-3-2-4-6-22)38-27-14-25(17-36-18-27)24-9-12-31-29(15-24)34(41-40-31)32-16-28-30(19-37-20-33(28)39-32)23-7-10-26(35)11-8-23/h2-12,14-20,38-39H,1,13H2,(H,40,41). The number of aromatic amines is 2. The summed E-state index contributed by atoms with van der Waals surface area (Å²) in [5, 5.41) is 13.2. The lowest BCUT2D eigenvalue weighted by Gasteiger charge is -2.11. The SMILES string of the molecule is C=C(Cc1ccccc1)Nc1cncc(-c2ccc3[nH]nc(-c4cc5c(-c6ccc(F)cc6)cncc5[nH]4)c3c2)c1. The zero-order valence-corrected chi connectivity index (χ0v) is 22.0. The average Bonchev–Trinajstić information content (AvgIpc) is 3.62. The number of hydrogen-bond donors (Lipinski definition) is 3. The quantitative estimate of drug-likeness (QED) is 0.192. The summed E-state index contributed by atoms with van der Waals surface area (Å²) < 4.78 is 13.5. The first kappa shape index (κ1) is 24.5. The molecule has 7 rings (SSSR count). The molecule has 0 saturated carbocycles. The number of halogens is 1. The lowest BCUT2D eigenvalue weighted by Crippen LogP contribution is -2.02. The van der Waals surface area contributed by atoms with Crippen molar-refractivity contribution in [2.75, 3.05) is 5.32 Å². The van der Waals surface area contributed by atoms with Crippen molar-refractivity contribution in [3.05, 3.63) is 133 Å². The summed E-state index contributed by atoms with van der Waals surface area (Å²) in [4.78, 5) is 12.4. The Bertz CT molecular complexity index is 2020. The maximum Gasteiger partial charge on any atom is 0.123 e. The lowest BCUT2D eigenvalue weighted by atomic mass is 10.0. The molecule has 0 unspecified atom stereocenters. The average molecular weight is 537 g/mol. The maximum atomic E-state index is 13.5. The van der Waals surface area contributed by atoms with E-state index in [-0.39, 0.29) is 5.82 Å². The Morgan fingerprint density at radius 3 is 2.41 bits per heavy atom. The zero-order chi connectivity index (χ0) is 27.8. The number of allylic oxidation sites excluding steroid dienone is 1. The van der Waals surface area contributed by atoms with Gasteiger partial charge in [0.25, 0.3) is 0 Å². The molecule has 3 N–H and O–H groups in total. The molecule has 7 aromatic rings. The molecule has 0 atom stereocenters. The highest BCUT2D eigenvalue weighted by atomic mass is 19.1. The van der Waals surface area contributed by atoms with Crippen LogP contribution in [0.4, 0.5) is 10.1 Å². The molecule has 198 valence electrons. The topological polar surface area (TPSA) is 82.3 Å². The molecule has 6 nitrogen and oxygen atoms in total. The molecule has 0 bridgehead atoms. The van der Waals surface area contributed by atoms with Gasteiger partial charge in [0.1, 0.15) is 11.5 Å². The highest BCUT2D eigenvalue weighted by molar-refractivity contribution is 6.01. The van der Waals surface area contributed by atoms with E-state index in [0.717, 1.165) is 73.3 Å². The Kier molecular flexibility index (Phi) is 6.09. The third kappa shape index (κ3) is 4.85. The highest BCUT2D eigenvalue weighted by Crippen LogP contribution is 2.35. The van der Waals surface area contributed by atoms with Crippen molar-refractivity contribution < 1.29 is 4.39 Å². The van der Waals surface area contributed by atoms with E-state index in [0.29, 0.717) is 0 Å². The summed E-state index contributed by atoms with van der Waals surface area (Å²) >= 11 is 0. The van der Waals surface area contributed by atoms with Gasteiger partial charge in [0.05, 0.1) is 34.8 Å². The van der Waals surface area contributed by atoms with Gasteiger partial charge in [0, 0.05) is 46.4 Å². The zero-order valence-electron chi connectivity index (χ0n) is 22.0. The molecule has 4 heterocycles. The first-order chi connectivity index (χ1) is 20.1. The third-order valence-corrected chi connectivity index (χ3v) is 7.17. The van der Waals surface area contributed by atoms with E-state index in [9.17, 15) is 4.39 Å². The molecule has 0 amide bonds. The highest BCUT2D eigenvalue weighted by Gasteiger charge is 2.15. The Balaban J connectivity index is 1.21. The molecule has 0 spiro atoms. The molecule has 0 fully saturated rings. The van der Waals surface area contributed by atoms with Crippen LogP contribution in [0.3, 0.4) is 0 Å². The number of anilines is 1. The molecular weight excluding hydrogens is 511 g/mol. The number of fused-ring (bicyclic) bond motifs is 2. The van der Waals surface area contributed by atoms with Crippen LogP contribution < -0.4 is 5.32 Å². The van der Waals surface area contributed by atoms with E-state index in [4.69, 9.17) is 0 Å². The van der Waals surface area contributed by atoms with Crippen LogP contribution in [0.25, 0.3) is 55.4 Å². The van der Waals surface area contributed by atoms with Gasteiger partial charge >= 0.3 is 0 Å². The number of nitrogens with one attached hydrogen (secondary N) is 3. The summed E-state index contributed by atoms with van der Waals surface area (Å²) in [6.45, 7) is 4.20. The van der Waals surface area contributed by atoms with Gasteiger partial charge in [-0.15, -0.1) is 0 Å². The summed E-state index contributed by atoms with van der Waals surface area (Å²) in [6.07, 6.45) is 7.99. The summed E-state index contributed by atoms with van der Waals surface area (Å²) in [6, 6.07) is 27.1. The molecule has 41 heavy (non-hydrogen) atoms. The van der Waals surface area contributed by atoms with Gasteiger partial charge in [-0.05, 0) is 53.1 Å². The summed E-state index contributed by atoms with van der Waals surface area (Å²) in [5.74, 6) is -0.268. The number of H-pyrrole nitrogens is 2. The smallest absolute Gasteiger partial charge is 0.123 e. The van der Waals surface area contributed by atoms with E-state index >= 15 is 0 Å². The number of nitrogens with zero attached hydrogens (tertiary/aromatic N) is 3. The van der Waals surface area contributed by atoms with Gasteiger partial charge < -0.3 is 10.3 Å². The Morgan fingerprint density at radius 1 is 0.756 bits per heavy atom. The van der Waals surface area contributed by atoms with Crippen molar-refractivity contribution in [3.63, 3.8) is 0 Å². The molecule has 0 aliphatic carbocycles. The van der Waals surface area contributed by atoms with Crippen molar-refractivity contribution in [1.29, 1.82) is 0 Å². The predicted octanol–water partition coefficient (Wildman–Crippen LogP) is 8.14. The molecule has 0 radical (unpaired) electrons. The second-order valence-corrected chi connectivity index (χ2v) is 10.0. The fourth-order valence-electron chi connectivity index (χ4n) is 5.19. The number of rotatable bonds is 7. The van der Waals surface area contributed by atoms with Crippen molar-refractivity contribution >= 4 is 27.5 Å². The largest absolute Gasteiger partial charge is 0.358 e. The van der Waals surface area contributed by atoms with Crippen LogP contribution in [0.1, 0.15) is 5.56 Å². The third-order valence-electron chi connectivity index (χ3n) is 7.17. The predicted molar refractivity (Wildman–Crippen MR) is 163 cm³/mol. The molecule has 0 saturated heterocycles. The molecule has 7 heteroatoms. The fraction of sp³-hybridized carbons (Fsp3) is 0.0294. The van der Waals surface area contributed by atoms with E-state index in [1.807, 2.05) is 30.5 Å². The number of benzene rings is 3. The first-order valence-corrected chi connectivity index (χ1v) is 13.3. The fourth-order valence-corrected chi connectivity index (χ4v) is 5.19. The minimum atomic E-state index is -0.268. The summed E-state index contributed by atoms with van der Waals surface area (Å²) in [5.41, 5.74) is 10.3. The van der Waals surface area contributed by atoms with Crippen LogP contribution in [0.2, 0.25) is 0 Å². The van der Waals surface area contributed by atoms with Crippen LogP contribution in [0.5, 0.6) is 0 Å². The van der Waals surface area contributed by atoms with Gasteiger partial charge in [-0.1, -0.05) is 55.1 Å². The maximum absolute atomic E-state index is 13.5. The normalized spacial score (nSPS) is 11.2. The minimum Gasteiger partial charge on any atom is -0.358 e. The van der Waals surface area contributed by atoms with E-state index < -0.39 is 0 Å². The molecule has 4 aromatic heterocycles. The van der Waals surface area contributed by atoms with Gasteiger partial charge in [-0.25, -0.2) is 4.39 Å². The van der Waals surface area contributed by atoms with Crippen LogP contribution in [0.15, 0.2) is 122 Å². The monoisotopic (exact) mass is 536 g/mol. The molecule has 3 aromatic carbocycles. The first-order valence-electron chi connectivity index (χ1n) is 13.3. The van der Waals surface area contributed by atoms with Gasteiger partial charge in [-0.3, -0.25) is 15.1 Å². The summed E-state index contributed by atoms with van der Waals surface area (Å²) in [7, 11) is 0. The number of hydrogen-bond acceptors (Lipinski definition) is 4. The second kappa shape index (κ2) is 10.2. The van der Waals surface area contributed by atoms with Crippen LogP contribution >= 0.6 is 0 Å². The van der Waals surface area contributed by atoms with E-state index in [1.54, 1.807) is 30.7 Å². The lowest BCUT2D eigenvalue weighted by molar-refractivity contribution is 0.628.